The quantitative estimate of drug-likeness (QED) is 0.295. The van der Waals surface area contributed by atoms with Crippen molar-refractivity contribution in [2.45, 2.75) is 26.8 Å². The number of nitrogens with one attached hydrogen (secondary N) is 2. The highest BCUT2D eigenvalue weighted by Gasteiger charge is 2.37. The minimum Gasteiger partial charge on any atom is -0.427 e. The second-order valence-corrected chi connectivity index (χ2v) is 7.47. The Bertz CT molecular complexity index is 1110. The molecule has 3 rings (SSSR count). The Kier molecular flexibility index (Phi) is 6.67. The van der Waals surface area contributed by atoms with Gasteiger partial charge in [-0.05, 0) is 50.2 Å². The van der Waals surface area contributed by atoms with Crippen LogP contribution < -0.4 is 15.4 Å². The van der Waals surface area contributed by atoms with Crippen LogP contribution in [0.3, 0.4) is 0 Å². The molecule has 4 amide bonds. The Balaban J connectivity index is 1.54. The van der Waals surface area contributed by atoms with Crippen LogP contribution in [0.25, 0.3) is 0 Å². The number of carbonyl (C=O) groups excluding carboxylic acids is 5. The van der Waals surface area contributed by atoms with Gasteiger partial charge in [0.2, 0.25) is 0 Å². The van der Waals surface area contributed by atoms with E-state index in [1.165, 1.54) is 36.1 Å². The number of hydrogen-bond donors (Lipinski definition) is 2. The number of fused-ring (bicyclic) bond motifs is 1. The lowest BCUT2D eigenvalue weighted by Crippen LogP contribution is -2.36. The molecule has 32 heavy (non-hydrogen) atoms. The van der Waals surface area contributed by atoms with Crippen LogP contribution in [0.2, 0.25) is 0 Å². The smallest absolute Gasteiger partial charge is 0.308 e. The molecule has 9 nitrogen and oxygen atoms in total. The molecule has 0 saturated heterocycles. The van der Waals surface area contributed by atoms with Gasteiger partial charge in [0.05, 0.1) is 11.1 Å². The zero-order valence-electron chi connectivity index (χ0n) is 17.9. The number of benzene rings is 2. The molecule has 0 unspecified atom stereocenters. The molecule has 2 aromatic rings. The van der Waals surface area contributed by atoms with E-state index in [4.69, 9.17) is 4.74 Å². The van der Waals surface area contributed by atoms with Crippen LogP contribution in [-0.4, -0.2) is 53.6 Å². The predicted octanol–water partition coefficient (Wildman–Crippen LogP) is 1.78. The van der Waals surface area contributed by atoms with Crippen molar-refractivity contribution in [3.05, 3.63) is 64.7 Å². The van der Waals surface area contributed by atoms with Crippen molar-refractivity contribution in [3.8, 4) is 5.75 Å². The normalized spacial score (nSPS) is 12.6. The molecule has 0 atom stereocenters. The number of rotatable bonds is 7. The van der Waals surface area contributed by atoms with E-state index in [-0.39, 0.29) is 53.4 Å². The summed E-state index contributed by atoms with van der Waals surface area (Å²) in [5.41, 5.74) is 1.04. The van der Waals surface area contributed by atoms with E-state index >= 15 is 0 Å². The summed E-state index contributed by atoms with van der Waals surface area (Å²) in [7, 11) is 0. The van der Waals surface area contributed by atoms with Crippen molar-refractivity contribution in [3.63, 3.8) is 0 Å². The average Bonchev–Trinajstić information content (AvgIpc) is 3.00. The first kappa shape index (κ1) is 22.7. The van der Waals surface area contributed by atoms with Gasteiger partial charge >= 0.3 is 5.97 Å². The van der Waals surface area contributed by atoms with Crippen LogP contribution >= 0.6 is 0 Å². The van der Waals surface area contributed by atoms with Crippen LogP contribution in [0, 0.1) is 0 Å². The lowest BCUT2D eigenvalue weighted by atomic mass is 10.1. The topological polar surface area (TPSA) is 122 Å². The Hall–Kier alpha value is -4.01. The number of imide groups is 1. The van der Waals surface area contributed by atoms with Crippen molar-refractivity contribution in [1.29, 1.82) is 0 Å². The molecule has 9 heteroatoms. The first-order valence-corrected chi connectivity index (χ1v) is 10.1. The number of amides is 4. The van der Waals surface area contributed by atoms with Crippen molar-refractivity contribution >= 4 is 29.6 Å². The highest BCUT2D eigenvalue weighted by molar-refractivity contribution is 6.22. The summed E-state index contributed by atoms with van der Waals surface area (Å²) in [6, 6.07) is 10.3. The average molecular weight is 437 g/mol. The van der Waals surface area contributed by atoms with E-state index in [1.807, 2.05) is 0 Å². The van der Waals surface area contributed by atoms with Crippen molar-refractivity contribution in [2.24, 2.45) is 0 Å². The second kappa shape index (κ2) is 9.42. The summed E-state index contributed by atoms with van der Waals surface area (Å²) in [4.78, 5) is 61.7. The highest BCUT2D eigenvalue weighted by atomic mass is 16.5. The maximum atomic E-state index is 12.5. The lowest BCUT2D eigenvalue weighted by Gasteiger charge is -2.17. The minimum absolute atomic E-state index is 0.149. The van der Waals surface area contributed by atoms with Gasteiger partial charge < -0.3 is 15.4 Å². The van der Waals surface area contributed by atoms with Gasteiger partial charge in [-0.25, -0.2) is 0 Å². The first-order chi connectivity index (χ1) is 15.2. The van der Waals surface area contributed by atoms with Gasteiger partial charge in [0.25, 0.3) is 23.6 Å². The monoisotopic (exact) mass is 437 g/mol. The van der Waals surface area contributed by atoms with E-state index in [1.54, 1.807) is 32.0 Å². The van der Waals surface area contributed by atoms with E-state index in [9.17, 15) is 24.0 Å². The Labute approximate surface area is 184 Å². The largest absolute Gasteiger partial charge is 0.427 e. The van der Waals surface area contributed by atoms with Gasteiger partial charge in [0.1, 0.15) is 5.75 Å². The Morgan fingerprint density at radius 3 is 2.06 bits per heavy atom. The molecular weight excluding hydrogens is 414 g/mol. The fourth-order valence-corrected chi connectivity index (χ4v) is 3.29. The van der Waals surface area contributed by atoms with Gasteiger partial charge in [0.15, 0.2) is 0 Å². The van der Waals surface area contributed by atoms with Crippen molar-refractivity contribution < 1.29 is 28.7 Å². The molecule has 1 aliphatic heterocycles. The van der Waals surface area contributed by atoms with E-state index in [0.29, 0.717) is 5.56 Å². The summed E-state index contributed by atoms with van der Waals surface area (Å²) < 4.78 is 4.95. The number of ether oxygens (including phenoxy) is 1. The standard InChI is InChI=1S/C23H23N3O6/c1-13(2)26-22(30)18-8-7-16(12-19(18)23(26)31)21(29)25-10-9-24-20(28)15-5-4-6-17(11-15)32-14(3)27/h4-8,11-13H,9-10H2,1-3H3,(H,24,28)(H,25,29). The van der Waals surface area contributed by atoms with Crippen molar-refractivity contribution in [1.82, 2.24) is 15.5 Å². The van der Waals surface area contributed by atoms with Crippen LogP contribution in [0.1, 0.15) is 62.2 Å². The third-order valence-corrected chi connectivity index (χ3v) is 4.75. The molecule has 2 N–H and O–H groups in total. The highest BCUT2D eigenvalue weighted by Crippen LogP contribution is 2.25. The molecule has 0 spiro atoms. The molecule has 166 valence electrons. The number of carbonyl (C=O) groups is 5. The Morgan fingerprint density at radius 1 is 0.875 bits per heavy atom. The molecule has 0 radical (unpaired) electrons. The summed E-state index contributed by atoms with van der Waals surface area (Å²) >= 11 is 0. The Morgan fingerprint density at radius 2 is 1.47 bits per heavy atom. The van der Waals surface area contributed by atoms with Crippen LogP contribution in [0.15, 0.2) is 42.5 Å². The minimum atomic E-state index is -0.486. The fourth-order valence-electron chi connectivity index (χ4n) is 3.29. The third kappa shape index (κ3) is 4.83. The summed E-state index contributed by atoms with van der Waals surface area (Å²) in [6.07, 6.45) is 0. The molecule has 1 heterocycles. The van der Waals surface area contributed by atoms with E-state index in [0.717, 1.165) is 0 Å². The molecule has 1 aliphatic rings. The van der Waals surface area contributed by atoms with Crippen LogP contribution in [0.5, 0.6) is 5.75 Å². The molecule has 0 bridgehead atoms. The molecule has 0 saturated carbocycles. The predicted molar refractivity (Wildman–Crippen MR) is 114 cm³/mol. The molecule has 0 fully saturated rings. The van der Waals surface area contributed by atoms with E-state index in [2.05, 4.69) is 10.6 Å². The zero-order chi connectivity index (χ0) is 23.4. The molecule has 2 aromatic carbocycles. The zero-order valence-corrected chi connectivity index (χ0v) is 17.9. The summed E-state index contributed by atoms with van der Waals surface area (Å²) in [6.45, 7) is 5.07. The number of nitrogens with zero attached hydrogens (tertiary/aromatic N) is 1. The maximum Gasteiger partial charge on any atom is 0.308 e. The summed E-state index contributed by atoms with van der Waals surface area (Å²) in [5, 5.41) is 5.32. The number of hydrogen-bond acceptors (Lipinski definition) is 6. The van der Waals surface area contributed by atoms with Gasteiger partial charge in [-0.1, -0.05) is 6.07 Å². The lowest BCUT2D eigenvalue weighted by molar-refractivity contribution is -0.131. The van der Waals surface area contributed by atoms with E-state index < -0.39 is 17.8 Å². The molecular formula is C23H23N3O6. The van der Waals surface area contributed by atoms with Crippen LogP contribution in [-0.2, 0) is 4.79 Å². The van der Waals surface area contributed by atoms with Gasteiger partial charge in [-0.3, -0.25) is 28.9 Å². The second-order valence-electron chi connectivity index (χ2n) is 7.47. The van der Waals surface area contributed by atoms with Gasteiger partial charge in [-0.2, -0.15) is 0 Å². The molecule has 0 aromatic heterocycles. The first-order valence-electron chi connectivity index (χ1n) is 10.1. The van der Waals surface area contributed by atoms with Crippen molar-refractivity contribution in [2.75, 3.05) is 13.1 Å². The van der Waals surface area contributed by atoms with Gasteiger partial charge in [0, 0.05) is 37.2 Å². The number of esters is 1. The molecule has 0 aliphatic carbocycles. The van der Waals surface area contributed by atoms with Gasteiger partial charge in [-0.15, -0.1) is 0 Å². The fraction of sp³-hybridized carbons (Fsp3) is 0.261. The third-order valence-electron chi connectivity index (χ3n) is 4.75. The van der Waals surface area contributed by atoms with Crippen LogP contribution in [0.4, 0.5) is 0 Å². The summed E-state index contributed by atoms with van der Waals surface area (Å²) in [5.74, 6) is -1.82. The maximum absolute atomic E-state index is 12.5. The SMILES string of the molecule is CC(=O)Oc1cccc(C(=O)NCCNC(=O)c2ccc3c(c2)C(=O)N(C(C)C)C3=O)c1.